The Bertz CT molecular complexity index is 904. The molecule has 0 heterocycles. The van der Waals surface area contributed by atoms with Gasteiger partial charge in [-0.25, -0.2) is 0 Å². The van der Waals surface area contributed by atoms with E-state index in [2.05, 4.69) is 34.6 Å². The Morgan fingerprint density at radius 2 is 0.593 bits per heavy atom. The lowest BCUT2D eigenvalue weighted by Gasteiger charge is -2.18. The van der Waals surface area contributed by atoms with Crippen molar-refractivity contribution in [3.8, 4) is 0 Å². The van der Waals surface area contributed by atoms with Crippen LogP contribution in [0.1, 0.15) is 291 Å². The second kappa shape index (κ2) is 45.9. The normalized spacial score (nSPS) is 13.0. The minimum absolute atomic E-state index is 0.0647. The van der Waals surface area contributed by atoms with E-state index >= 15 is 0 Å². The Labute approximate surface area is 368 Å². The van der Waals surface area contributed by atoms with E-state index in [1.165, 1.54) is 180 Å². The van der Waals surface area contributed by atoms with Gasteiger partial charge in [-0.15, -0.1) is 0 Å². The molecule has 0 aliphatic carbocycles. The fourth-order valence-corrected chi connectivity index (χ4v) is 7.93. The number of esters is 3. The Morgan fingerprint density at radius 1 is 0.339 bits per heavy atom. The summed E-state index contributed by atoms with van der Waals surface area (Å²) in [6.45, 7) is 11.4. The van der Waals surface area contributed by atoms with Gasteiger partial charge in [0.1, 0.15) is 13.2 Å². The van der Waals surface area contributed by atoms with Gasteiger partial charge < -0.3 is 14.2 Å². The van der Waals surface area contributed by atoms with Gasteiger partial charge in [0, 0.05) is 19.3 Å². The van der Waals surface area contributed by atoms with E-state index in [-0.39, 0.29) is 31.1 Å². The fraction of sp³-hybridized carbons (Fsp3) is 0.943. The van der Waals surface area contributed by atoms with E-state index in [1.807, 2.05) is 0 Å². The summed E-state index contributed by atoms with van der Waals surface area (Å²) in [5, 5.41) is 0. The van der Waals surface area contributed by atoms with Crippen molar-refractivity contribution in [2.45, 2.75) is 298 Å². The molecule has 2 unspecified atom stereocenters. The second-order valence-corrected chi connectivity index (χ2v) is 18.6. The van der Waals surface area contributed by atoms with Crippen molar-refractivity contribution in [1.29, 1.82) is 0 Å². The molecule has 0 aromatic rings. The molecule has 0 saturated heterocycles. The molecule has 0 spiro atoms. The highest BCUT2D eigenvalue weighted by molar-refractivity contribution is 5.71. The van der Waals surface area contributed by atoms with Gasteiger partial charge in [-0.3, -0.25) is 14.4 Å². The van der Waals surface area contributed by atoms with E-state index in [9.17, 15) is 14.4 Å². The third-order valence-corrected chi connectivity index (χ3v) is 12.7. The van der Waals surface area contributed by atoms with Crippen molar-refractivity contribution in [2.24, 2.45) is 11.8 Å². The molecule has 0 fully saturated rings. The molecule has 6 nitrogen and oxygen atoms in total. The maximum atomic E-state index is 12.8. The summed E-state index contributed by atoms with van der Waals surface area (Å²) < 4.78 is 16.8. The van der Waals surface area contributed by atoms with Gasteiger partial charge >= 0.3 is 17.9 Å². The van der Waals surface area contributed by atoms with Crippen molar-refractivity contribution in [3.63, 3.8) is 0 Å². The van der Waals surface area contributed by atoms with Crippen LogP contribution in [0.15, 0.2) is 0 Å². The molecule has 0 aliphatic heterocycles. The molecule has 0 saturated carbocycles. The second-order valence-electron chi connectivity index (χ2n) is 18.6. The van der Waals surface area contributed by atoms with Crippen LogP contribution in [0.3, 0.4) is 0 Å². The molecule has 59 heavy (non-hydrogen) atoms. The predicted octanol–water partition coefficient (Wildman–Crippen LogP) is 16.9. The maximum Gasteiger partial charge on any atom is 0.306 e. The molecule has 3 atom stereocenters. The molecular weight excluding hydrogens is 733 g/mol. The topological polar surface area (TPSA) is 78.9 Å². The highest BCUT2D eigenvalue weighted by atomic mass is 16.6. The van der Waals surface area contributed by atoms with Crippen molar-refractivity contribution in [3.05, 3.63) is 0 Å². The number of carbonyl (C=O) groups is 3. The summed E-state index contributed by atoms with van der Waals surface area (Å²) in [5.74, 6) is 0.869. The molecule has 0 N–H and O–H groups in total. The Hall–Kier alpha value is -1.59. The number of rotatable bonds is 47. The standard InChI is InChI=1S/C53H102O6/c1-6-9-10-11-12-23-27-33-38-43-51(54)57-46-50(47-58-52(55)44-39-34-30-29-32-37-42-49(5)8-3)59-53(56)45-40-35-28-25-22-20-18-16-14-13-15-17-19-21-24-26-31-36-41-48(4)7-2/h48-50H,6-47H2,1-5H3/t48?,49?,50-/m0/s1. The third-order valence-electron chi connectivity index (χ3n) is 12.7. The minimum atomic E-state index is -0.761. The quantitative estimate of drug-likeness (QED) is 0.0345. The number of ether oxygens (including phenoxy) is 3. The summed E-state index contributed by atoms with van der Waals surface area (Å²) >= 11 is 0. The Morgan fingerprint density at radius 3 is 0.881 bits per heavy atom. The average molecular weight is 835 g/mol. The number of hydrogen-bond acceptors (Lipinski definition) is 6. The first-order chi connectivity index (χ1) is 28.8. The van der Waals surface area contributed by atoms with Crippen molar-refractivity contribution >= 4 is 17.9 Å². The summed E-state index contributed by atoms with van der Waals surface area (Å²) in [7, 11) is 0. The monoisotopic (exact) mass is 835 g/mol. The van der Waals surface area contributed by atoms with Crippen molar-refractivity contribution < 1.29 is 28.6 Å². The van der Waals surface area contributed by atoms with Gasteiger partial charge in [-0.1, -0.05) is 253 Å². The molecule has 0 aromatic carbocycles. The van der Waals surface area contributed by atoms with E-state index in [0.29, 0.717) is 19.3 Å². The molecular formula is C53H102O6. The van der Waals surface area contributed by atoms with Gasteiger partial charge in [-0.2, -0.15) is 0 Å². The van der Waals surface area contributed by atoms with Crippen molar-refractivity contribution in [1.82, 2.24) is 0 Å². The Kier molecular flexibility index (Phi) is 44.7. The largest absolute Gasteiger partial charge is 0.462 e. The van der Waals surface area contributed by atoms with E-state index < -0.39 is 6.10 Å². The summed E-state index contributed by atoms with van der Waals surface area (Å²) in [6, 6.07) is 0. The number of hydrogen-bond donors (Lipinski definition) is 0. The van der Waals surface area contributed by atoms with Gasteiger partial charge in [0.25, 0.3) is 0 Å². The van der Waals surface area contributed by atoms with Gasteiger partial charge in [0.15, 0.2) is 6.10 Å². The van der Waals surface area contributed by atoms with Gasteiger partial charge in [-0.05, 0) is 31.1 Å². The van der Waals surface area contributed by atoms with Gasteiger partial charge in [0.2, 0.25) is 0 Å². The molecule has 6 heteroatoms. The van der Waals surface area contributed by atoms with E-state index in [0.717, 1.165) is 69.6 Å². The molecule has 0 aromatic heterocycles. The zero-order valence-electron chi connectivity index (χ0n) is 40.4. The van der Waals surface area contributed by atoms with Crippen LogP contribution in [-0.2, 0) is 28.6 Å². The third kappa shape index (κ3) is 44.3. The lowest BCUT2D eigenvalue weighted by Crippen LogP contribution is -2.30. The molecule has 0 bridgehead atoms. The molecule has 0 aliphatic rings. The maximum absolute atomic E-state index is 12.8. The SMILES string of the molecule is CCCCCCCCCCCC(=O)OC[C@@H](COC(=O)CCCCCCCCC(C)CC)OC(=O)CCCCCCCCCCCCCCCCCCCCC(C)CC. The fourth-order valence-electron chi connectivity index (χ4n) is 7.93. The lowest BCUT2D eigenvalue weighted by molar-refractivity contribution is -0.167. The first kappa shape index (κ1) is 57.4. The number of carbonyl (C=O) groups excluding carboxylic acids is 3. The van der Waals surface area contributed by atoms with Crippen molar-refractivity contribution in [2.75, 3.05) is 13.2 Å². The van der Waals surface area contributed by atoms with Gasteiger partial charge in [0.05, 0.1) is 0 Å². The molecule has 0 rings (SSSR count). The predicted molar refractivity (Wildman–Crippen MR) is 252 cm³/mol. The Balaban J connectivity index is 4.17. The van der Waals surface area contributed by atoms with Crippen LogP contribution in [0, 0.1) is 11.8 Å². The van der Waals surface area contributed by atoms with Crippen LogP contribution >= 0.6 is 0 Å². The minimum Gasteiger partial charge on any atom is -0.462 e. The molecule has 0 amide bonds. The van der Waals surface area contributed by atoms with E-state index in [1.54, 1.807) is 0 Å². The zero-order valence-corrected chi connectivity index (χ0v) is 40.4. The highest BCUT2D eigenvalue weighted by Gasteiger charge is 2.19. The average Bonchev–Trinajstić information content (AvgIpc) is 3.23. The molecule has 350 valence electrons. The molecule has 0 radical (unpaired) electrons. The van der Waals surface area contributed by atoms with E-state index in [4.69, 9.17) is 14.2 Å². The lowest BCUT2D eigenvalue weighted by atomic mass is 9.99. The van der Waals surface area contributed by atoms with Crippen LogP contribution in [0.5, 0.6) is 0 Å². The first-order valence-electron chi connectivity index (χ1n) is 26.3. The van der Waals surface area contributed by atoms with Crippen LogP contribution < -0.4 is 0 Å². The smallest absolute Gasteiger partial charge is 0.306 e. The summed E-state index contributed by atoms with van der Waals surface area (Å²) in [5.41, 5.74) is 0. The summed E-state index contributed by atoms with van der Waals surface area (Å²) in [6.07, 6.45) is 46.7. The van der Waals surface area contributed by atoms with Crippen LogP contribution in [0.25, 0.3) is 0 Å². The van der Waals surface area contributed by atoms with Crippen LogP contribution in [0.2, 0.25) is 0 Å². The first-order valence-corrected chi connectivity index (χ1v) is 26.3. The van der Waals surface area contributed by atoms with Crippen LogP contribution in [-0.4, -0.2) is 37.2 Å². The summed E-state index contributed by atoms with van der Waals surface area (Å²) in [4.78, 5) is 37.8. The number of unbranched alkanes of at least 4 members (excludes halogenated alkanes) is 30. The zero-order chi connectivity index (χ0) is 43.3. The van der Waals surface area contributed by atoms with Crippen LogP contribution in [0.4, 0.5) is 0 Å². The highest BCUT2D eigenvalue weighted by Crippen LogP contribution is 2.18.